The Hall–Kier alpha value is -1.55. The van der Waals surface area contributed by atoms with E-state index >= 15 is 0 Å². The molecule has 1 radical (unpaired) electrons. The first-order valence-electron chi connectivity index (χ1n) is 4.91. The Morgan fingerprint density at radius 2 is 2.13 bits per heavy atom. The number of benzene rings is 1. The van der Waals surface area contributed by atoms with E-state index in [1.54, 1.807) is 0 Å². The van der Waals surface area contributed by atoms with Gasteiger partial charge in [-0.15, -0.1) is 0 Å². The van der Waals surface area contributed by atoms with E-state index in [0.717, 1.165) is 21.9 Å². The lowest BCUT2D eigenvalue weighted by Gasteiger charge is -2.04. The number of nitrogens with two attached hydrogens (primary N) is 2. The Bertz CT molecular complexity index is 496. The van der Waals surface area contributed by atoms with Crippen molar-refractivity contribution in [3.05, 3.63) is 29.8 Å². The van der Waals surface area contributed by atoms with Crippen LogP contribution in [-0.4, -0.2) is 18.7 Å². The zero-order chi connectivity index (χ0) is 10.8. The average molecular weight is 198 g/mol. The van der Waals surface area contributed by atoms with Crippen LogP contribution in [0, 0.1) is 6.92 Å². The molecule has 2 rings (SSSR count). The summed E-state index contributed by atoms with van der Waals surface area (Å²) in [5, 5.41) is 1.10. The minimum Gasteiger partial charge on any atom is -0.383 e. The number of hydrogen-bond acceptors (Lipinski definition) is 3. The van der Waals surface area contributed by atoms with Crippen LogP contribution in [-0.2, 0) is 0 Å². The molecule has 0 amide bonds. The van der Waals surface area contributed by atoms with Crippen molar-refractivity contribution in [1.29, 1.82) is 0 Å². The fraction of sp³-hybridized carbons (Fsp3) is 0.182. The van der Waals surface area contributed by atoms with Gasteiger partial charge in [0.25, 0.3) is 0 Å². The Kier molecular flexibility index (Phi) is 2.60. The van der Waals surface area contributed by atoms with Crippen LogP contribution >= 0.6 is 0 Å². The molecule has 1 heterocycles. The van der Waals surface area contributed by atoms with Crippen LogP contribution in [0.4, 0.5) is 5.82 Å². The van der Waals surface area contributed by atoms with E-state index in [9.17, 15) is 0 Å². The molecule has 0 saturated heterocycles. The van der Waals surface area contributed by atoms with Gasteiger partial charge in [-0.05, 0) is 31.1 Å². The van der Waals surface area contributed by atoms with E-state index in [0.29, 0.717) is 12.3 Å². The minimum atomic E-state index is 0.549. The summed E-state index contributed by atoms with van der Waals surface area (Å²) in [6.45, 7) is 1.96. The molecule has 1 aromatic carbocycles. The lowest BCUT2D eigenvalue weighted by molar-refractivity contribution is 1.34. The van der Waals surface area contributed by atoms with Gasteiger partial charge < -0.3 is 11.5 Å². The van der Waals surface area contributed by atoms with Gasteiger partial charge in [0.2, 0.25) is 0 Å². The lowest BCUT2D eigenvalue weighted by Crippen LogP contribution is -2.22. The monoisotopic (exact) mass is 198 g/mol. The first-order valence-corrected chi connectivity index (χ1v) is 4.91. The molecule has 75 valence electrons. The van der Waals surface area contributed by atoms with Crippen molar-refractivity contribution < 1.29 is 0 Å². The minimum absolute atomic E-state index is 0.549. The van der Waals surface area contributed by atoms with Crippen LogP contribution in [0.3, 0.4) is 0 Å². The van der Waals surface area contributed by atoms with Gasteiger partial charge in [-0.3, -0.25) is 0 Å². The molecule has 0 spiro atoms. The molecule has 15 heavy (non-hydrogen) atoms. The number of nitrogens with zero attached hydrogens (tertiary/aromatic N) is 1. The number of rotatable bonds is 2. The summed E-state index contributed by atoms with van der Waals surface area (Å²) in [6, 6.07) is 8.08. The summed E-state index contributed by atoms with van der Waals surface area (Å²) in [7, 11) is 1.98. The smallest absolute Gasteiger partial charge is 0.168 e. The predicted molar refractivity (Wildman–Crippen MR) is 65.3 cm³/mol. The van der Waals surface area contributed by atoms with Crippen molar-refractivity contribution in [2.75, 3.05) is 12.2 Å². The molecule has 4 N–H and O–H groups in total. The number of anilines is 1. The van der Waals surface area contributed by atoms with Crippen molar-refractivity contribution in [1.82, 2.24) is 4.98 Å². The molecule has 0 aliphatic heterocycles. The van der Waals surface area contributed by atoms with Crippen molar-refractivity contribution in [2.24, 2.45) is 5.73 Å². The van der Waals surface area contributed by atoms with Gasteiger partial charge in [0, 0.05) is 5.39 Å². The van der Waals surface area contributed by atoms with Gasteiger partial charge in [-0.25, -0.2) is 4.98 Å². The number of aryl methyl sites for hydroxylation is 1. The van der Waals surface area contributed by atoms with Gasteiger partial charge in [-0.2, -0.15) is 0 Å². The van der Waals surface area contributed by atoms with E-state index in [4.69, 9.17) is 11.5 Å². The third-order valence-electron chi connectivity index (χ3n) is 2.42. The largest absolute Gasteiger partial charge is 0.383 e. The first kappa shape index (κ1) is 9.99. The Balaban J connectivity index is 2.56. The standard InChI is InChI=1S/C11H13BN3/c1-7-4-8-5-9(12-6-13)2-3-10(8)15-11(7)14/h2-5H,6,13H2,1H3,(H2,14,15). The Labute approximate surface area is 89.7 Å². The van der Waals surface area contributed by atoms with E-state index < -0.39 is 0 Å². The second kappa shape index (κ2) is 3.91. The van der Waals surface area contributed by atoms with E-state index in [-0.39, 0.29) is 0 Å². The van der Waals surface area contributed by atoms with Crippen LogP contribution in [0.25, 0.3) is 10.9 Å². The molecule has 0 bridgehead atoms. The van der Waals surface area contributed by atoms with Gasteiger partial charge >= 0.3 is 0 Å². The van der Waals surface area contributed by atoms with Gasteiger partial charge in [0.1, 0.15) is 5.82 Å². The number of nitrogen functional groups attached to an aromatic ring is 1. The molecule has 0 unspecified atom stereocenters. The third kappa shape index (κ3) is 1.95. The molecule has 0 fully saturated rings. The molecular weight excluding hydrogens is 185 g/mol. The molecule has 0 atom stereocenters. The lowest BCUT2D eigenvalue weighted by atomic mass is 9.70. The highest BCUT2D eigenvalue weighted by Gasteiger charge is 2.01. The maximum absolute atomic E-state index is 5.74. The van der Waals surface area contributed by atoms with Crippen LogP contribution in [0.1, 0.15) is 5.56 Å². The van der Waals surface area contributed by atoms with Crippen LogP contribution in [0.5, 0.6) is 0 Å². The second-order valence-electron chi connectivity index (χ2n) is 3.58. The van der Waals surface area contributed by atoms with E-state index in [1.165, 1.54) is 0 Å². The highest BCUT2D eigenvalue weighted by atomic mass is 14.8. The van der Waals surface area contributed by atoms with Crippen LogP contribution in [0.2, 0.25) is 0 Å². The van der Waals surface area contributed by atoms with Gasteiger partial charge in [0.05, 0.1) is 5.52 Å². The maximum Gasteiger partial charge on any atom is 0.168 e. The molecule has 0 saturated carbocycles. The fourth-order valence-corrected chi connectivity index (χ4v) is 1.58. The summed E-state index contributed by atoms with van der Waals surface area (Å²) in [6.07, 6.45) is 0.549. The Morgan fingerprint density at radius 1 is 1.33 bits per heavy atom. The summed E-state index contributed by atoms with van der Waals surface area (Å²) < 4.78 is 0. The normalized spacial score (nSPS) is 10.5. The van der Waals surface area contributed by atoms with Crippen LogP contribution in [0.15, 0.2) is 24.3 Å². The second-order valence-corrected chi connectivity index (χ2v) is 3.58. The van der Waals surface area contributed by atoms with Crippen molar-refractivity contribution in [2.45, 2.75) is 6.92 Å². The third-order valence-corrected chi connectivity index (χ3v) is 2.42. The molecular formula is C11H13BN3. The van der Waals surface area contributed by atoms with E-state index in [2.05, 4.69) is 11.1 Å². The Morgan fingerprint density at radius 3 is 2.87 bits per heavy atom. The summed E-state index contributed by atoms with van der Waals surface area (Å²) in [4.78, 5) is 4.31. The quantitative estimate of drug-likeness (QED) is 0.685. The summed E-state index contributed by atoms with van der Waals surface area (Å²) >= 11 is 0. The topological polar surface area (TPSA) is 64.9 Å². The van der Waals surface area contributed by atoms with E-state index in [1.807, 2.05) is 32.4 Å². The summed E-state index contributed by atoms with van der Waals surface area (Å²) in [5.41, 5.74) is 14.3. The zero-order valence-electron chi connectivity index (χ0n) is 8.70. The average Bonchev–Trinajstić information content (AvgIpc) is 2.21. The predicted octanol–water partition coefficient (Wildman–Crippen LogP) is 0.371. The number of fused-ring (bicyclic) bond motifs is 1. The molecule has 0 aliphatic rings. The van der Waals surface area contributed by atoms with Crippen LogP contribution < -0.4 is 16.9 Å². The number of hydrogen-bond donors (Lipinski definition) is 2. The number of pyridine rings is 1. The first-order chi connectivity index (χ1) is 7.20. The van der Waals surface area contributed by atoms with Crippen molar-refractivity contribution in [3.63, 3.8) is 0 Å². The molecule has 2 aromatic rings. The highest BCUT2D eigenvalue weighted by molar-refractivity contribution is 6.53. The maximum atomic E-state index is 5.74. The summed E-state index contributed by atoms with van der Waals surface area (Å²) in [5.74, 6) is 0.595. The SMILES string of the molecule is Cc1cc2cc([B]CN)ccc2nc1N. The molecule has 4 heteroatoms. The number of aromatic nitrogens is 1. The van der Waals surface area contributed by atoms with Gasteiger partial charge in [0.15, 0.2) is 7.28 Å². The molecule has 1 aromatic heterocycles. The fourth-order valence-electron chi connectivity index (χ4n) is 1.58. The zero-order valence-corrected chi connectivity index (χ0v) is 8.70. The van der Waals surface area contributed by atoms with Crippen molar-refractivity contribution in [3.8, 4) is 0 Å². The van der Waals surface area contributed by atoms with Gasteiger partial charge in [-0.1, -0.05) is 17.6 Å². The highest BCUT2D eigenvalue weighted by Crippen LogP contribution is 2.16. The van der Waals surface area contributed by atoms with Crippen molar-refractivity contribution >= 4 is 29.5 Å². The molecule has 0 aliphatic carbocycles. The molecule has 3 nitrogen and oxygen atoms in total.